The average Bonchev–Trinajstić information content (AvgIpc) is 2.30. The Bertz CT molecular complexity index is 350. The summed E-state index contributed by atoms with van der Waals surface area (Å²) in [6.45, 7) is 10.7. The summed E-state index contributed by atoms with van der Waals surface area (Å²) in [5.41, 5.74) is 0.923. The zero-order chi connectivity index (χ0) is 12.8. The highest BCUT2D eigenvalue weighted by Crippen LogP contribution is 2.30. The van der Waals surface area contributed by atoms with Gasteiger partial charge in [-0.25, -0.2) is 0 Å². The number of rotatable bonds is 6. The van der Waals surface area contributed by atoms with E-state index in [1.807, 2.05) is 19.1 Å². The maximum atomic E-state index is 10.1. The molecule has 0 spiro atoms. The minimum absolute atomic E-state index is 0.272. The Balaban J connectivity index is 2.87. The van der Waals surface area contributed by atoms with Crippen molar-refractivity contribution in [2.45, 2.75) is 40.3 Å². The van der Waals surface area contributed by atoms with E-state index in [2.05, 4.69) is 25.7 Å². The molecule has 0 aliphatic carbocycles. The average molecular weight is 237 g/mol. The second-order valence-electron chi connectivity index (χ2n) is 4.35. The van der Waals surface area contributed by atoms with Crippen LogP contribution in [0.4, 0.5) is 0 Å². The van der Waals surface area contributed by atoms with Crippen LogP contribution in [-0.2, 0) is 6.54 Å². The smallest absolute Gasteiger partial charge is 0.162 e. The van der Waals surface area contributed by atoms with E-state index in [4.69, 9.17) is 4.74 Å². The zero-order valence-corrected chi connectivity index (χ0v) is 11.2. The van der Waals surface area contributed by atoms with Crippen LogP contribution in [0.5, 0.6) is 11.5 Å². The van der Waals surface area contributed by atoms with Crippen molar-refractivity contribution in [1.82, 2.24) is 4.90 Å². The number of phenolic OH excluding ortho intramolecular Hbond substituents is 1. The largest absolute Gasteiger partial charge is 0.504 e. The van der Waals surface area contributed by atoms with Crippen molar-refractivity contribution < 1.29 is 9.84 Å². The predicted octanol–water partition coefficient (Wildman–Crippen LogP) is 3.02. The van der Waals surface area contributed by atoms with Crippen molar-refractivity contribution in [3.8, 4) is 11.5 Å². The van der Waals surface area contributed by atoms with Gasteiger partial charge in [-0.1, -0.05) is 19.1 Å². The van der Waals surface area contributed by atoms with Gasteiger partial charge in [0.1, 0.15) is 0 Å². The minimum atomic E-state index is 0.272. The fraction of sp³-hybridized carbons (Fsp3) is 0.571. The third-order valence-corrected chi connectivity index (χ3v) is 2.89. The second-order valence-corrected chi connectivity index (χ2v) is 4.35. The summed E-state index contributed by atoms with van der Waals surface area (Å²) in [4.78, 5) is 2.30. The van der Waals surface area contributed by atoms with Crippen LogP contribution in [0.15, 0.2) is 18.2 Å². The van der Waals surface area contributed by atoms with Crippen molar-refractivity contribution in [3.05, 3.63) is 23.8 Å². The fourth-order valence-electron chi connectivity index (χ4n) is 1.85. The van der Waals surface area contributed by atoms with E-state index in [1.54, 1.807) is 6.07 Å². The number of para-hydroxylation sites is 1. The lowest BCUT2D eigenvalue weighted by molar-refractivity contribution is 0.221. The van der Waals surface area contributed by atoms with E-state index in [-0.39, 0.29) is 5.75 Å². The summed E-state index contributed by atoms with van der Waals surface area (Å²) in [5, 5.41) is 10.1. The van der Waals surface area contributed by atoms with Gasteiger partial charge < -0.3 is 9.84 Å². The maximum Gasteiger partial charge on any atom is 0.162 e. The summed E-state index contributed by atoms with van der Waals surface area (Å²) >= 11 is 0. The van der Waals surface area contributed by atoms with Crippen LogP contribution in [0, 0.1) is 0 Å². The third-order valence-electron chi connectivity index (χ3n) is 2.89. The van der Waals surface area contributed by atoms with Gasteiger partial charge in [-0.05, 0) is 33.4 Å². The molecule has 1 aromatic carbocycles. The monoisotopic (exact) mass is 237 g/mol. The van der Waals surface area contributed by atoms with Gasteiger partial charge in [0, 0.05) is 18.2 Å². The van der Waals surface area contributed by atoms with Gasteiger partial charge >= 0.3 is 0 Å². The lowest BCUT2D eigenvalue weighted by Crippen LogP contribution is -2.29. The molecular formula is C14H23NO2. The first-order chi connectivity index (χ1) is 8.10. The molecule has 0 aliphatic heterocycles. The molecule has 3 heteroatoms. The summed E-state index contributed by atoms with van der Waals surface area (Å²) in [7, 11) is 0. The number of benzene rings is 1. The molecule has 1 aromatic rings. The highest BCUT2D eigenvalue weighted by atomic mass is 16.5. The Labute approximate surface area is 104 Å². The molecular weight excluding hydrogens is 214 g/mol. The number of aromatic hydroxyl groups is 1. The third kappa shape index (κ3) is 3.63. The van der Waals surface area contributed by atoms with Crippen LogP contribution < -0.4 is 4.74 Å². The van der Waals surface area contributed by atoms with Crippen LogP contribution in [0.25, 0.3) is 0 Å². The second kappa shape index (κ2) is 6.50. The van der Waals surface area contributed by atoms with Gasteiger partial charge in [-0.3, -0.25) is 4.90 Å². The van der Waals surface area contributed by atoms with Gasteiger partial charge in [0.2, 0.25) is 0 Å². The van der Waals surface area contributed by atoms with E-state index < -0.39 is 0 Å². The molecule has 1 N–H and O–H groups in total. The van der Waals surface area contributed by atoms with Crippen LogP contribution in [0.3, 0.4) is 0 Å². The molecule has 0 amide bonds. The van der Waals surface area contributed by atoms with Crippen molar-refractivity contribution in [2.75, 3.05) is 13.2 Å². The Morgan fingerprint density at radius 3 is 2.53 bits per heavy atom. The van der Waals surface area contributed by atoms with Gasteiger partial charge in [0.15, 0.2) is 11.5 Å². The van der Waals surface area contributed by atoms with E-state index in [9.17, 15) is 5.11 Å². The van der Waals surface area contributed by atoms with Gasteiger partial charge in [-0.2, -0.15) is 0 Å². The molecule has 0 saturated carbocycles. The molecule has 96 valence electrons. The number of nitrogens with zero attached hydrogens (tertiary/aromatic N) is 1. The normalized spacial score (nSPS) is 11.2. The van der Waals surface area contributed by atoms with E-state index in [0.717, 1.165) is 18.7 Å². The first kappa shape index (κ1) is 13.8. The van der Waals surface area contributed by atoms with E-state index >= 15 is 0 Å². The number of phenols is 1. The highest BCUT2D eigenvalue weighted by molar-refractivity contribution is 5.45. The van der Waals surface area contributed by atoms with Crippen molar-refractivity contribution >= 4 is 0 Å². The summed E-state index contributed by atoms with van der Waals surface area (Å²) in [5.74, 6) is 0.846. The topological polar surface area (TPSA) is 32.7 Å². The first-order valence-electron chi connectivity index (χ1n) is 6.27. The molecule has 0 bridgehead atoms. The van der Waals surface area contributed by atoms with Gasteiger partial charge in [0.25, 0.3) is 0 Å². The molecule has 1 rings (SSSR count). The molecule has 17 heavy (non-hydrogen) atoms. The first-order valence-corrected chi connectivity index (χ1v) is 6.27. The Hall–Kier alpha value is -1.22. The minimum Gasteiger partial charge on any atom is -0.504 e. The van der Waals surface area contributed by atoms with Gasteiger partial charge in [-0.15, -0.1) is 0 Å². The molecule has 3 nitrogen and oxygen atoms in total. The molecule has 0 unspecified atom stereocenters. The predicted molar refractivity (Wildman–Crippen MR) is 70.5 cm³/mol. The van der Waals surface area contributed by atoms with Crippen molar-refractivity contribution in [1.29, 1.82) is 0 Å². The van der Waals surface area contributed by atoms with Gasteiger partial charge in [0.05, 0.1) is 6.61 Å². The molecule has 0 saturated heterocycles. The number of hydrogen-bond acceptors (Lipinski definition) is 3. The molecule has 0 fully saturated rings. The van der Waals surface area contributed by atoms with Crippen LogP contribution in [0.2, 0.25) is 0 Å². The Morgan fingerprint density at radius 1 is 1.29 bits per heavy atom. The molecule has 0 radical (unpaired) electrons. The van der Waals surface area contributed by atoms with Crippen LogP contribution in [-0.4, -0.2) is 29.2 Å². The summed E-state index contributed by atoms with van der Waals surface area (Å²) in [6, 6.07) is 6.14. The lowest BCUT2D eigenvalue weighted by atomic mass is 10.1. The zero-order valence-electron chi connectivity index (χ0n) is 11.2. The number of ether oxygens (including phenoxy) is 1. The van der Waals surface area contributed by atoms with E-state index in [1.165, 1.54) is 0 Å². The van der Waals surface area contributed by atoms with Crippen LogP contribution >= 0.6 is 0 Å². The van der Waals surface area contributed by atoms with Crippen molar-refractivity contribution in [3.63, 3.8) is 0 Å². The maximum absolute atomic E-state index is 10.1. The highest BCUT2D eigenvalue weighted by Gasteiger charge is 2.13. The molecule has 0 atom stereocenters. The Kier molecular flexibility index (Phi) is 5.29. The number of hydrogen-bond donors (Lipinski definition) is 1. The van der Waals surface area contributed by atoms with E-state index in [0.29, 0.717) is 18.4 Å². The fourth-order valence-corrected chi connectivity index (χ4v) is 1.85. The lowest BCUT2D eigenvalue weighted by Gasteiger charge is -2.25. The summed E-state index contributed by atoms with van der Waals surface area (Å²) in [6.07, 6.45) is 0. The Morgan fingerprint density at radius 2 is 2.00 bits per heavy atom. The SMILES string of the molecule is CCOc1cccc(CN(CC)C(C)C)c1O. The van der Waals surface area contributed by atoms with Crippen LogP contribution in [0.1, 0.15) is 33.3 Å². The molecule has 0 heterocycles. The quantitative estimate of drug-likeness (QED) is 0.825. The standard InChI is InChI=1S/C14H23NO2/c1-5-15(11(3)4)10-12-8-7-9-13(14(12)16)17-6-2/h7-9,11,16H,5-6,10H2,1-4H3. The molecule has 0 aliphatic rings. The molecule has 0 aromatic heterocycles. The van der Waals surface area contributed by atoms with Crippen molar-refractivity contribution in [2.24, 2.45) is 0 Å². The summed E-state index contributed by atoms with van der Waals surface area (Å²) < 4.78 is 5.38.